The molecule has 0 saturated heterocycles. The van der Waals surface area contributed by atoms with E-state index in [-0.39, 0.29) is 0 Å². The summed E-state index contributed by atoms with van der Waals surface area (Å²) in [6.07, 6.45) is 4.69. The molecule has 0 atom stereocenters. The standard InChI is InChI=1S/C10H14N2.C2H6/c1-7-5-9(8-3-4-8)6-12-10(7)11-2;1-2/h5-6,8H,3-4H2,1-2H3,(H,11,12);1-2H3. The summed E-state index contributed by atoms with van der Waals surface area (Å²) in [7, 11) is 1.91. The number of nitrogens with zero attached hydrogens (tertiary/aromatic N) is 1. The largest absolute Gasteiger partial charge is 0.373 e. The van der Waals surface area contributed by atoms with Gasteiger partial charge in [-0.05, 0) is 36.8 Å². The Kier molecular flexibility index (Phi) is 3.93. The van der Waals surface area contributed by atoms with Crippen LogP contribution in [0.3, 0.4) is 0 Å². The van der Waals surface area contributed by atoms with E-state index in [2.05, 4.69) is 23.3 Å². The van der Waals surface area contributed by atoms with Gasteiger partial charge >= 0.3 is 0 Å². The molecule has 78 valence electrons. The van der Waals surface area contributed by atoms with Crippen molar-refractivity contribution in [1.82, 2.24) is 4.98 Å². The number of aromatic nitrogens is 1. The van der Waals surface area contributed by atoms with Gasteiger partial charge in [-0.3, -0.25) is 0 Å². The molecule has 0 spiro atoms. The van der Waals surface area contributed by atoms with Crippen LogP contribution in [-0.2, 0) is 0 Å². The Morgan fingerprint density at radius 1 is 1.36 bits per heavy atom. The zero-order chi connectivity index (χ0) is 10.6. The fourth-order valence-electron chi connectivity index (χ4n) is 1.50. The van der Waals surface area contributed by atoms with Gasteiger partial charge in [-0.1, -0.05) is 19.9 Å². The second kappa shape index (κ2) is 4.99. The van der Waals surface area contributed by atoms with Crippen molar-refractivity contribution in [3.05, 3.63) is 23.4 Å². The molecular weight excluding hydrogens is 172 g/mol. The number of anilines is 1. The maximum absolute atomic E-state index is 4.35. The van der Waals surface area contributed by atoms with E-state index in [1.165, 1.54) is 24.0 Å². The van der Waals surface area contributed by atoms with Crippen molar-refractivity contribution in [3.8, 4) is 0 Å². The number of rotatable bonds is 2. The summed E-state index contributed by atoms with van der Waals surface area (Å²) in [5.74, 6) is 1.81. The summed E-state index contributed by atoms with van der Waals surface area (Å²) >= 11 is 0. The third-order valence-electron chi connectivity index (χ3n) is 2.38. The molecule has 1 aromatic heterocycles. The van der Waals surface area contributed by atoms with E-state index in [1.807, 2.05) is 27.1 Å². The quantitative estimate of drug-likeness (QED) is 0.777. The van der Waals surface area contributed by atoms with Gasteiger partial charge in [-0.2, -0.15) is 0 Å². The van der Waals surface area contributed by atoms with Gasteiger partial charge < -0.3 is 5.32 Å². The predicted molar refractivity (Wildman–Crippen MR) is 61.8 cm³/mol. The number of nitrogens with one attached hydrogen (secondary N) is 1. The number of pyridine rings is 1. The van der Waals surface area contributed by atoms with Crippen LogP contribution in [0, 0.1) is 6.92 Å². The highest BCUT2D eigenvalue weighted by Crippen LogP contribution is 2.40. The van der Waals surface area contributed by atoms with Crippen molar-refractivity contribution in [3.63, 3.8) is 0 Å². The van der Waals surface area contributed by atoms with Gasteiger partial charge in [0.1, 0.15) is 5.82 Å². The highest BCUT2D eigenvalue weighted by atomic mass is 15.0. The lowest BCUT2D eigenvalue weighted by molar-refractivity contribution is 1.08. The number of hydrogen-bond acceptors (Lipinski definition) is 2. The molecule has 1 N–H and O–H groups in total. The van der Waals surface area contributed by atoms with Gasteiger partial charge in [0.25, 0.3) is 0 Å². The molecule has 0 bridgehead atoms. The minimum Gasteiger partial charge on any atom is -0.373 e. The topological polar surface area (TPSA) is 24.9 Å². The Labute approximate surface area is 86.8 Å². The van der Waals surface area contributed by atoms with E-state index in [0.29, 0.717) is 0 Å². The first-order chi connectivity index (χ1) is 6.81. The molecule has 1 aliphatic carbocycles. The zero-order valence-electron chi connectivity index (χ0n) is 9.59. The Balaban J connectivity index is 0.000000461. The molecule has 2 rings (SSSR count). The zero-order valence-corrected chi connectivity index (χ0v) is 9.59. The van der Waals surface area contributed by atoms with Crippen LogP contribution in [0.2, 0.25) is 0 Å². The highest BCUT2D eigenvalue weighted by Gasteiger charge is 2.23. The summed E-state index contributed by atoms with van der Waals surface area (Å²) in [5.41, 5.74) is 2.66. The lowest BCUT2D eigenvalue weighted by atomic mass is 10.1. The van der Waals surface area contributed by atoms with Crippen LogP contribution >= 0.6 is 0 Å². The molecule has 1 saturated carbocycles. The molecule has 2 heteroatoms. The Bertz CT molecular complexity index is 290. The van der Waals surface area contributed by atoms with Crippen LogP contribution in [0.1, 0.15) is 43.7 Å². The van der Waals surface area contributed by atoms with Crippen LogP contribution in [0.4, 0.5) is 5.82 Å². The maximum atomic E-state index is 4.35. The molecule has 1 heterocycles. The Hall–Kier alpha value is -1.05. The van der Waals surface area contributed by atoms with Crippen molar-refractivity contribution in [2.24, 2.45) is 0 Å². The maximum Gasteiger partial charge on any atom is 0.128 e. The minimum atomic E-state index is 0.808. The Morgan fingerprint density at radius 2 is 2.00 bits per heavy atom. The summed E-state index contributed by atoms with van der Waals surface area (Å²) in [5, 5.41) is 3.07. The van der Waals surface area contributed by atoms with Crippen LogP contribution < -0.4 is 5.32 Å². The van der Waals surface area contributed by atoms with E-state index in [1.54, 1.807) is 0 Å². The van der Waals surface area contributed by atoms with Crippen molar-refractivity contribution >= 4 is 5.82 Å². The van der Waals surface area contributed by atoms with Gasteiger partial charge in [0, 0.05) is 13.2 Å². The molecule has 2 nitrogen and oxygen atoms in total. The predicted octanol–water partition coefficient (Wildman–Crippen LogP) is 3.34. The molecule has 14 heavy (non-hydrogen) atoms. The van der Waals surface area contributed by atoms with Crippen molar-refractivity contribution in [2.75, 3.05) is 12.4 Å². The van der Waals surface area contributed by atoms with E-state index in [4.69, 9.17) is 0 Å². The lowest BCUT2D eigenvalue weighted by Crippen LogP contribution is -1.96. The van der Waals surface area contributed by atoms with Crippen molar-refractivity contribution < 1.29 is 0 Å². The summed E-state index contributed by atoms with van der Waals surface area (Å²) in [6.45, 7) is 6.10. The SMILES string of the molecule is CC.CNc1ncc(C2CC2)cc1C. The number of hydrogen-bond donors (Lipinski definition) is 1. The Morgan fingerprint density at radius 3 is 2.43 bits per heavy atom. The van der Waals surface area contributed by atoms with Gasteiger partial charge in [0.15, 0.2) is 0 Å². The third kappa shape index (κ3) is 2.47. The molecule has 1 aliphatic rings. The molecule has 0 aromatic carbocycles. The second-order valence-electron chi connectivity index (χ2n) is 3.46. The van der Waals surface area contributed by atoms with Crippen molar-refractivity contribution in [1.29, 1.82) is 0 Å². The third-order valence-corrected chi connectivity index (χ3v) is 2.38. The fraction of sp³-hybridized carbons (Fsp3) is 0.583. The van der Waals surface area contributed by atoms with Crippen LogP contribution in [0.5, 0.6) is 0 Å². The normalized spacial score (nSPS) is 14.3. The molecule has 0 radical (unpaired) electrons. The van der Waals surface area contributed by atoms with Crippen LogP contribution in [-0.4, -0.2) is 12.0 Å². The summed E-state index contributed by atoms with van der Waals surface area (Å²) in [6, 6.07) is 2.25. The van der Waals surface area contributed by atoms with E-state index in [9.17, 15) is 0 Å². The second-order valence-corrected chi connectivity index (χ2v) is 3.46. The van der Waals surface area contributed by atoms with Gasteiger partial charge in [-0.25, -0.2) is 4.98 Å². The van der Waals surface area contributed by atoms with E-state index < -0.39 is 0 Å². The summed E-state index contributed by atoms with van der Waals surface area (Å²) < 4.78 is 0. The first-order valence-electron chi connectivity index (χ1n) is 5.45. The van der Waals surface area contributed by atoms with Gasteiger partial charge in [0.05, 0.1) is 0 Å². The van der Waals surface area contributed by atoms with Gasteiger partial charge in [0.2, 0.25) is 0 Å². The smallest absolute Gasteiger partial charge is 0.128 e. The molecule has 1 fully saturated rings. The molecular formula is C12H20N2. The van der Waals surface area contributed by atoms with E-state index in [0.717, 1.165) is 11.7 Å². The molecule has 0 unspecified atom stereocenters. The van der Waals surface area contributed by atoms with E-state index >= 15 is 0 Å². The monoisotopic (exact) mass is 192 g/mol. The fourth-order valence-corrected chi connectivity index (χ4v) is 1.50. The lowest BCUT2D eigenvalue weighted by Gasteiger charge is -2.05. The first-order valence-corrected chi connectivity index (χ1v) is 5.45. The number of aryl methyl sites for hydroxylation is 1. The molecule has 0 amide bonds. The first kappa shape index (κ1) is 11.0. The molecule has 1 aromatic rings. The highest BCUT2D eigenvalue weighted by molar-refractivity contribution is 5.44. The summed E-state index contributed by atoms with van der Waals surface area (Å²) in [4.78, 5) is 4.35. The average molecular weight is 192 g/mol. The molecule has 0 aliphatic heterocycles. The minimum absolute atomic E-state index is 0.808. The van der Waals surface area contributed by atoms with Crippen LogP contribution in [0.15, 0.2) is 12.3 Å². The van der Waals surface area contributed by atoms with Crippen molar-refractivity contribution in [2.45, 2.75) is 39.5 Å². The average Bonchev–Trinajstić information content (AvgIpc) is 3.04. The van der Waals surface area contributed by atoms with Crippen LogP contribution in [0.25, 0.3) is 0 Å². The van der Waals surface area contributed by atoms with Gasteiger partial charge in [-0.15, -0.1) is 0 Å².